The maximum atomic E-state index is 5.92. The molecule has 1 aliphatic carbocycles. The van der Waals surface area contributed by atoms with Crippen molar-refractivity contribution in [3.8, 4) is 0 Å². The number of nitrogens with two attached hydrogens (primary N) is 1. The van der Waals surface area contributed by atoms with Gasteiger partial charge in [-0.3, -0.25) is 4.90 Å². The average molecular weight is 230 g/mol. The third-order valence-corrected chi connectivity index (χ3v) is 4.74. The van der Waals surface area contributed by atoms with Crippen molar-refractivity contribution in [3.63, 3.8) is 0 Å². The molecule has 1 aromatic carbocycles. The standard InChI is InChI=1S/C15H22N2/c1-12(17-9-2-3-10-17)15(7-8-15)13-5-4-6-14(16)11-13/h4-6,11-12H,2-3,7-10,16H2,1H3. The van der Waals surface area contributed by atoms with Crippen molar-refractivity contribution >= 4 is 5.69 Å². The Balaban J connectivity index is 1.85. The van der Waals surface area contributed by atoms with Crippen LogP contribution in [0.15, 0.2) is 24.3 Å². The zero-order valence-electron chi connectivity index (χ0n) is 10.7. The molecule has 0 spiro atoms. The van der Waals surface area contributed by atoms with Gasteiger partial charge in [0, 0.05) is 17.1 Å². The van der Waals surface area contributed by atoms with E-state index in [0.717, 1.165) is 5.69 Å². The number of anilines is 1. The van der Waals surface area contributed by atoms with Crippen LogP contribution in [0.1, 0.15) is 38.2 Å². The van der Waals surface area contributed by atoms with E-state index in [1.165, 1.54) is 44.3 Å². The van der Waals surface area contributed by atoms with E-state index in [4.69, 9.17) is 5.73 Å². The quantitative estimate of drug-likeness (QED) is 0.809. The van der Waals surface area contributed by atoms with Crippen molar-refractivity contribution in [2.45, 2.75) is 44.1 Å². The first-order valence-corrected chi connectivity index (χ1v) is 6.82. The number of hydrogen-bond donors (Lipinski definition) is 1. The summed E-state index contributed by atoms with van der Waals surface area (Å²) in [6, 6.07) is 9.20. The van der Waals surface area contributed by atoms with E-state index in [1.54, 1.807) is 0 Å². The number of benzene rings is 1. The molecule has 3 rings (SSSR count). The summed E-state index contributed by atoms with van der Waals surface area (Å²) in [5.41, 5.74) is 8.69. The second-order valence-corrected chi connectivity index (χ2v) is 5.70. The maximum absolute atomic E-state index is 5.92. The highest BCUT2D eigenvalue weighted by Gasteiger charge is 2.50. The van der Waals surface area contributed by atoms with Gasteiger partial charge >= 0.3 is 0 Å². The molecule has 0 bridgehead atoms. The molecule has 1 aliphatic heterocycles. The molecule has 2 fully saturated rings. The highest BCUT2D eigenvalue weighted by atomic mass is 15.2. The molecule has 1 unspecified atom stereocenters. The van der Waals surface area contributed by atoms with E-state index < -0.39 is 0 Å². The Hall–Kier alpha value is -1.02. The highest BCUT2D eigenvalue weighted by molar-refractivity contribution is 5.46. The second-order valence-electron chi connectivity index (χ2n) is 5.70. The van der Waals surface area contributed by atoms with Gasteiger partial charge in [-0.25, -0.2) is 0 Å². The van der Waals surface area contributed by atoms with Crippen LogP contribution in [-0.2, 0) is 5.41 Å². The van der Waals surface area contributed by atoms with Crippen LogP contribution in [0.2, 0.25) is 0 Å². The molecule has 1 saturated heterocycles. The van der Waals surface area contributed by atoms with Crippen molar-refractivity contribution in [1.29, 1.82) is 0 Å². The summed E-state index contributed by atoms with van der Waals surface area (Å²) in [6.45, 7) is 4.97. The van der Waals surface area contributed by atoms with Crippen LogP contribution in [0, 0.1) is 0 Å². The first-order valence-electron chi connectivity index (χ1n) is 6.82. The van der Waals surface area contributed by atoms with Crippen LogP contribution in [0.5, 0.6) is 0 Å². The Morgan fingerprint density at radius 2 is 1.94 bits per heavy atom. The summed E-state index contributed by atoms with van der Waals surface area (Å²) in [5, 5.41) is 0. The van der Waals surface area contributed by atoms with Crippen LogP contribution in [0.25, 0.3) is 0 Å². The summed E-state index contributed by atoms with van der Waals surface area (Å²) >= 11 is 0. The van der Waals surface area contributed by atoms with Crippen molar-refractivity contribution in [2.75, 3.05) is 18.8 Å². The van der Waals surface area contributed by atoms with Gasteiger partial charge < -0.3 is 5.73 Å². The maximum Gasteiger partial charge on any atom is 0.0316 e. The summed E-state index contributed by atoms with van der Waals surface area (Å²) in [6.07, 6.45) is 5.40. The average Bonchev–Trinajstić information content (AvgIpc) is 2.96. The summed E-state index contributed by atoms with van der Waals surface area (Å²) in [5.74, 6) is 0. The SMILES string of the molecule is CC(N1CCCC1)C1(c2cccc(N)c2)CC1. The zero-order chi connectivity index (χ0) is 11.9. The Labute approximate surface area is 104 Å². The second kappa shape index (κ2) is 4.02. The fourth-order valence-corrected chi connectivity index (χ4v) is 3.41. The number of nitrogens with zero attached hydrogens (tertiary/aromatic N) is 1. The van der Waals surface area contributed by atoms with Gasteiger partial charge in [0.25, 0.3) is 0 Å². The minimum atomic E-state index is 0.403. The van der Waals surface area contributed by atoms with Crippen LogP contribution >= 0.6 is 0 Å². The fourth-order valence-electron chi connectivity index (χ4n) is 3.41. The summed E-state index contributed by atoms with van der Waals surface area (Å²) in [4.78, 5) is 2.66. The Morgan fingerprint density at radius 1 is 1.24 bits per heavy atom. The van der Waals surface area contributed by atoms with Gasteiger partial charge in [-0.05, 0) is 63.4 Å². The number of rotatable bonds is 3. The molecular formula is C15H22N2. The molecule has 1 aromatic rings. The first-order chi connectivity index (χ1) is 8.22. The molecular weight excluding hydrogens is 208 g/mol. The molecule has 2 aliphatic rings. The van der Waals surface area contributed by atoms with E-state index in [9.17, 15) is 0 Å². The monoisotopic (exact) mass is 230 g/mol. The van der Waals surface area contributed by atoms with Crippen LogP contribution in [0.3, 0.4) is 0 Å². The summed E-state index contributed by atoms with van der Waals surface area (Å²) in [7, 11) is 0. The number of likely N-dealkylation sites (tertiary alicyclic amines) is 1. The van der Waals surface area contributed by atoms with Crippen LogP contribution in [-0.4, -0.2) is 24.0 Å². The lowest BCUT2D eigenvalue weighted by Gasteiger charge is -2.32. The molecule has 17 heavy (non-hydrogen) atoms. The van der Waals surface area contributed by atoms with Crippen LogP contribution in [0.4, 0.5) is 5.69 Å². The van der Waals surface area contributed by atoms with Crippen molar-refractivity contribution in [3.05, 3.63) is 29.8 Å². The van der Waals surface area contributed by atoms with Gasteiger partial charge in [0.2, 0.25) is 0 Å². The van der Waals surface area contributed by atoms with Gasteiger partial charge in [0.15, 0.2) is 0 Å². The molecule has 0 amide bonds. The van der Waals surface area contributed by atoms with Gasteiger partial charge in [0.05, 0.1) is 0 Å². The third-order valence-electron chi connectivity index (χ3n) is 4.74. The lowest BCUT2D eigenvalue weighted by Crippen LogP contribution is -2.39. The van der Waals surface area contributed by atoms with Crippen molar-refractivity contribution < 1.29 is 0 Å². The number of nitrogen functional groups attached to an aromatic ring is 1. The Bertz CT molecular complexity index is 403. The predicted molar refractivity (Wildman–Crippen MR) is 72.0 cm³/mol. The largest absolute Gasteiger partial charge is 0.399 e. The number of hydrogen-bond acceptors (Lipinski definition) is 2. The molecule has 1 saturated carbocycles. The van der Waals surface area contributed by atoms with Crippen molar-refractivity contribution in [1.82, 2.24) is 4.90 Å². The molecule has 0 radical (unpaired) electrons. The predicted octanol–water partition coefficient (Wildman–Crippen LogP) is 2.78. The van der Waals surface area contributed by atoms with E-state index in [0.29, 0.717) is 11.5 Å². The molecule has 2 N–H and O–H groups in total. The molecule has 2 heteroatoms. The summed E-state index contributed by atoms with van der Waals surface area (Å²) < 4.78 is 0. The normalized spacial score (nSPS) is 24.8. The zero-order valence-corrected chi connectivity index (χ0v) is 10.7. The van der Waals surface area contributed by atoms with Crippen molar-refractivity contribution in [2.24, 2.45) is 0 Å². The minimum absolute atomic E-state index is 0.403. The van der Waals surface area contributed by atoms with E-state index in [1.807, 2.05) is 6.07 Å². The smallest absolute Gasteiger partial charge is 0.0316 e. The van der Waals surface area contributed by atoms with Crippen LogP contribution < -0.4 is 5.73 Å². The molecule has 1 atom stereocenters. The lowest BCUT2D eigenvalue weighted by molar-refractivity contribution is 0.214. The first kappa shape index (κ1) is 11.1. The Kier molecular flexibility index (Phi) is 2.62. The van der Waals surface area contributed by atoms with Gasteiger partial charge in [0.1, 0.15) is 0 Å². The third kappa shape index (κ3) is 1.85. The Morgan fingerprint density at radius 3 is 2.53 bits per heavy atom. The molecule has 2 nitrogen and oxygen atoms in total. The minimum Gasteiger partial charge on any atom is -0.399 e. The molecule has 1 heterocycles. The molecule has 92 valence electrons. The van der Waals surface area contributed by atoms with Gasteiger partial charge in [-0.1, -0.05) is 12.1 Å². The van der Waals surface area contributed by atoms with Gasteiger partial charge in [-0.15, -0.1) is 0 Å². The lowest BCUT2D eigenvalue weighted by atomic mass is 9.88. The van der Waals surface area contributed by atoms with E-state index in [-0.39, 0.29) is 0 Å². The molecule has 0 aromatic heterocycles. The highest BCUT2D eigenvalue weighted by Crippen LogP contribution is 2.53. The van der Waals surface area contributed by atoms with Gasteiger partial charge in [-0.2, -0.15) is 0 Å². The topological polar surface area (TPSA) is 29.3 Å². The fraction of sp³-hybridized carbons (Fsp3) is 0.600. The van der Waals surface area contributed by atoms with E-state index in [2.05, 4.69) is 30.0 Å². The van der Waals surface area contributed by atoms with E-state index >= 15 is 0 Å².